The van der Waals surface area contributed by atoms with E-state index >= 15 is 0 Å². The Kier molecular flexibility index (Phi) is 7.80. The second-order valence-corrected chi connectivity index (χ2v) is 7.35. The van der Waals surface area contributed by atoms with E-state index in [9.17, 15) is 0 Å². The van der Waals surface area contributed by atoms with Gasteiger partial charge in [0.1, 0.15) is 0 Å². The van der Waals surface area contributed by atoms with Crippen molar-refractivity contribution in [3.8, 4) is 0 Å². The van der Waals surface area contributed by atoms with Crippen LogP contribution in [-0.4, -0.2) is 4.75 Å². The topological polar surface area (TPSA) is 0 Å². The molecule has 0 radical (unpaired) electrons. The van der Waals surface area contributed by atoms with Crippen molar-refractivity contribution in [1.29, 1.82) is 0 Å². The van der Waals surface area contributed by atoms with Gasteiger partial charge in [0.25, 0.3) is 0 Å². The van der Waals surface area contributed by atoms with Crippen LogP contribution in [-0.2, 0) is 0 Å². The third-order valence-corrected chi connectivity index (χ3v) is 4.81. The lowest BCUT2D eigenvalue weighted by Gasteiger charge is -2.26. The molecular weight excluding hydrogens is 212 g/mol. The van der Waals surface area contributed by atoms with Crippen molar-refractivity contribution in [2.75, 3.05) is 0 Å². The highest BCUT2D eigenvalue weighted by atomic mass is 32.1. The highest BCUT2D eigenvalue weighted by Crippen LogP contribution is 2.28. The largest absolute Gasteiger partial charge is 0.173 e. The third kappa shape index (κ3) is 6.83. The smallest absolute Gasteiger partial charge is 0.00987 e. The maximum Gasteiger partial charge on any atom is 0.00987 e. The molecule has 0 N–H and O–H groups in total. The fourth-order valence-electron chi connectivity index (χ4n) is 1.96. The summed E-state index contributed by atoms with van der Waals surface area (Å²) in [5.74, 6) is 2.50. The van der Waals surface area contributed by atoms with Crippen LogP contribution >= 0.6 is 12.6 Å². The van der Waals surface area contributed by atoms with E-state index in [1.54, 1.807) is 0 Å². The van der Waals surface area contributed by atoms with Gasteiger partial charge in [-0.1, -0.05) is 67.2 Å². The van der Waals surface area contributed by atoms with Gasteiger partial charge in [-0.3, -0.25) is 0 Å². The van der Waals surface area contributed by atoms with Crippen LogP contribution in [0, 0.1) is 17.8 Å². The van der Waals surface area contributed by atoms with Gasteiger partial charge >= 0.3 is 0 Å². The summed E-state index contributed by atoms with van der Waals surface area (Å²) in [7, 11) is 0. The van der Waals surface area contributed by atoms with Crippen molar-refractivity contribution in [1.82, 2.24) is 0 Å². The van der Waals surface area contributed by atoms with Gasteiger partial charge in [0.15, 0.2) is 0 Å². The first-order valence-electron chi connectivity index (χ1n) is 7.01. The highest BCUT2D eigenvalue weighted by molar-refractivity contribution is 7.81. The Morgan fingerprint density at radius 2 is 1.44 bits per heavy atom. The minimum atomic E-state index is 0.183. The first-order chi connectivity index (χ1) is 7.29. The first-order valence-corrected chi connectivity index (χ1v) is 7.46. The number of rotatable bonds is 8. The second kappa shape index (κ2) is 7.63. The lowest BCUT2D eigenvalue weighted by molar-refractivity contribution is 0.332. The Morgan fingerprint density at radius 1 is 0.938 bits per heavy atom. The zero-order valence-electron chi connectivity index (χ0n) is 12.2. The van der Waals surface area contributed by atoms with Crippen LogP contribution in [0.1, 0.15) is 73.6 Å². The van der Waals surface area contributed by atoms with Gasteiger partial charge in [0.2, 0.25) is 0 Å². The standard InChI is InChI=1S/C15H32S/c1-7-12(2)13(3)10-8-9-11-14(4)15(5,6)16/h12-14,16H,7-11H2,1-6H3/t12-,13+,14?/m0/s1. The molecule has 0 aromatic carbocycles. The van der Waals surface area contributed by atoms with E-state index in [-0.39, 0.29) is 4.75 Å². The van der Waals surface area contributed by atoms with E-state index in [1.807, 2.05) is 0 Å². The van der Waals surface area contributed by atoms with Gasteiger partial charge in [0.05, 0.1) is 0 Å². The van der Waals surface area contributed by atoms with Crippen LogP contribution < -0.4 is 0 Å². The quantitative estimate of drug-likeness (QED) is 0.418. The molecule has 0 aromatic heterocycles. The van der Waals surface area contributed by atoms with Gasteiger partial charge in [-0.15, -0.1) is 0 Å². The molecule has 0 saturated carbocycles. The summed E-state index contributed by atoms with van der Waals surface area (Å²) in [6.45, 7) is 13.9. The third-order valence-electron chi connectivity index (χ3n) is 4.37. The Balaban J connectivity index is 3.61. The van der Waals surface area contributed by atoms with Crippen LogP contribution in [0.5, 0.6) is 0 Å². The molecule has 0 aliphatic rings. The van der Waals surface area contributed by atoms with E-state index in [1.165, 1.54) is 32.1 Å². The minimum Gasteiger partial charge on any atom is -0.173 e. The molecule has 0 spiro atoms. The van der Waals surface area contributed by atoms with Gasteiger partial charge in [-0.2, -0.15) is 12.6 Å². The summed E-state index contributed by atoms with van der Waals surface area (Å²) in [6, 6.07) is 0. The van der Waals surface area contributed by atoms with Crippen molar-refractivity contribution >= 4 is 12.6 Å². The van der Waals surface area contributed by atoms with E-state index in [2.05, 4.69) is 54.2 Å². The average Bonchev–Trinajstić information content (AvgIpc) is 2.20. The predicted octanol–water partition coefficient (Wildman–Crippen LogP) is 5.57. The summed E-state index contributed by atoms with van der Waals surface area (Å²) in [5, 5.41) is 0. The van der Waals surface area contributed by atoms with Gasteiger partial charge in [-0.05, 0) is 24.2 Å². The number of hydrogen-bond donors (Lipinski definition) is 1. The van der Waals surface area contributed by atoms with Crippen molar-refractivity contribution in [3.05, 3.63) is 0 Å². The molecule has 0 fully saturated rings. The van der Waals surface area contributed by atoms with Crippen molar-refractivity contribution in [2.24, 2.45) is 17.8 Å². The van der Waals surface area contributed by atoms with E-state index < -0.39 is 0 Å². The average molecular weight is 244 g/mol. The molecule has 0 aromatic rings. The Bertz CT molecular complexity index is 169. The number of unbranched alkanes of at least 4 members (excludes halogenated alkanes) is 1. The molecule has 0 saturated heterocycles. The van der Waals surface area contributed by atoms with Crippen molar-refractivity contribution < 1.29 is 0 Å². The van der Waals surface area contributed by atoms with E-state index in [0.717, 1.165) is 17.8 Å². The monoisotopic (exact) mass is 244 g/mol. The van der Waals surface area contributed by atoms with Crippen LogP contribution in [0.25, 0.3) is 0 Å². The Labute approximate surface area is 109 Å². The van der Waals surface area contributed by atoms with Crippen LogP contribution in [0.15, 0.2) is 0 Å². The fourth-order valence-corrected chi connectivity index (χ4v) is 2.09. The van der Waals surface area contributed by atoms with E-state index in [4.69, 9.17) is 0 Å². The van der Waals surface area contributed by atoms with E-state index in [0.29, 0.717) is 0 Å². The van der Waals surface area contributed by atoms with Crippen LogP contribution in [0.2, 0.25) is 0 Å². The van der Waals surface area contributed by atoms with Crippen LogP contribution in [0.3, 0.4) is 0 Å². The fraction of sp³-hybridized carbons (Fsp3) is 1.00. The number of hydrogen-bond acceptors (Lipinski definition) is 1. The molecule has 0 nitrogen and oxygen atoms in total. The Morgan fingerprint density at radius 3 is 1.88 bits per heavy atom. The summed E-state index contributed by atoms with van der Waals surface area (Å²) < 4.78 is 0.183. The lowest BCUT2D eigenvalue weighted by Crippen LogP contribution is -2.21. The molecule has 0 aliphatic carbocycles. The molecule has 0 bridgehead atoms. The highest BCUT2D eigenvalue weighted by Gasteiger charge is 2.20. The van der Waals surface area contributed by atoms with Crippen LogP contribution in [0.4, 0.5) is 0 Å². The summed E-state index contributed by atoms with van der Waals surface area (Å²) in [5.41, 5.74) is 0. The summed E-state index contributed by atoms with van der Waals surface area (Å²) in [4.78, 5) is 0. The molecule has 1 heteroatoms. The normalized spacial score (nSPS) is 18.2. The molecule has 0 amide bonds. The maximum atomic E-state index is 4.64. The van der Waals surface area contributed by atoms with Gasteiger partial charge < -0.3 is 0 Å². The molecule has 0 rings (SSSR count). The zero-order chi connectivity index (χ0) is 12.8. The van der Waals surface area contributed by atoms with Crippen molar-refractivity contribution in [3.63, 3.8) is 0 Å². The maximum absolute atomic E-state index is 4.64. The van der Waals surface area contributed by atoms with Gasteiger partial charge in [0, 0.05) is 4.75 Å². The number of thiol groups is 1. The molecule has 98 valence electrons. The van der Waals surface area contributed by atoms with Gasteiger partial charge in [-0.25, -0.2) is 0 Å². The zero-order valence-corrected chi connectivity index (χ0v) is 13.1. The second-order valence-electron chi connectivity index (χ2n) is 6.20. The summed E-state index contributed by atoms with van der Waals surface area (Å²) in [6.07, 6.45) is 6.80. The lowest BCUT2D eigenvalue weighted by atomic mass is 9.87. The molecule has 1 unspecified atom stereocenters. The molecule has 16 heavy (non-hydrogen) atoms. The summed E-state index contributed by atoms with van der Waals surface area (Å²) >= 11 is 4.64. The molecule has 0 aliphatic heterocycles. The first kappa shape index (κ1) is 16.4. The molecular formula is C15H32S. The van der Waals surface area contributed by atoms with Crippen molar-refractivity contribution in [2.45, 2.75) is 78.4 Å². The predicted molar refractivity (Wildman–Crippen MR) is 79.3 cm³/mol. The minimum absolute atomic E-state index is 0.183. The molecule has 3 atom stereocenters. The Hall–Kier alpha value is 0.350. The molecule has 0 heterocycles. The SMILES string of the molecule is CC[C@H](C)[C@H](C)CCCCC(C)C(C)(C)S.